The second kappa shape index (κ2) is 4.77. The zero-order valence-electron chi connectivity index (χ0n) is 12.0. The van der Waals surface area contributed by atoms with E-state index in [1.54, 1.807) is 13.0 Å². The first kappa shape index (κ1) is 12.7. The van der Waals surface area contributed by atoms with Crippen LogP contribution in [0, 0.1) is 6.92 Å². The van der Waals surface area contributed by atoms with Gasteiger partial charge in [-0.05, 0) is 37.3 Å². The van der Waals surface area contributed by atoms with Crippen molar-refractivity contribution in [1.82, 2.24) is 4.98 Å². The van der Waals surface area contributed by atoms with Gasteiger partial charge in [-0.2, -0.15) is 0 Å². The predicted molar refractivity (Wildman–Crippen MR) is 87.2 cm³/mol. The van der Waals surface area contributed by atoms with Gasteiger partial charge in [-0.15, -0.1) is 0 Å². The Bertz CT molecular complexity index is 995. The first-order chi connectivity index (χ1) is 10.7. The Labute approximate surface area is 126 Å². The van der Waals surface area contributed by atoms with Gasteiger partial charge < -0.3 is 14.7 Å². The van der Waals surface area contributed by atoms with Gasteiger partial charge in [0.15, 0.2) is 0 Å². The molecule has 0 unspecified atom stereocenters. The standard InChI is InChI=1S/C18H14N2O2/c1-11-13(8-9-22-11)18(21)19-12-6-7-17-15(10-12)14-4-2-3-5-16(14)20-17/h2-10,20H,1H3,(H,19,21). The molecule has 0 fully saturated rings. The van der Waals surface area contributed by atoms with Gasteiger partial charge in [0, 0.05) is 27.5 Å². The van der Waals surface area contributed by atoms with Crippen LogP contribution in [0.15, 0.2) is 59.2 Å². The number of aromatic nitrogens is 1. The number of carbonyl (C=O) groups is 1. The molecule has 0 aliphatic rings. The molecule has 4 heteroatoms. The average Bonchev–Trinajstić information content (AvgIpc) is 3.10. The van der Waals surface area contributed by atoms with E-state index in [-0.39, 0.29) is 5.91 Å². The Morgan fingerprint density at radius 2 is 1.86 bits per heavy atom. The highest BCUT2D eigenvalue weighted by Crippen LogP contribution is 2.27. The van der Waals surface area contributed by atoms with E-state index in [1.165, 1.54) is 6.26 Å². The first-order valence-electron chi connectivity index (χ1n) is 7.08. The van der Waals surface area contributed by atoms with Crippen molar-refractivity contribution in [3.8, 4) is 0 Å². The maximum absolute atomic E-state index is 12.3. The van der Waals surface area contributed by atoms with Crippen LogP contribution in [0.25, 0.3) is 21.8 Å². The number of fused-ring (bicyclic) bond motifs is 3. The third kappa shape index (κ3) is 1.97. The van der Waals surface area contributed by atoms with Gasteiger partial charge in [-0.3, -0.25) is 4.79 Å². The van der Waals surface area contributed by atoms with Gasteiger partial charge in [-0.25, -0.2) is 0 Å². The second-order valence-corrected chi connectivity index (χ2v) is 5.28. The lowest BCUT2D eigenvalue weighted by molar-refractivity contribution is 0.102. The van der Waals surface area contributed by atoms with E-state index in [9.17, 15) is 4.79 Å². The quantitative estimate of drug-likeness (QED) is 0.572. The summed E-state index contributed by atoms with van der Waals surface area (Å²) in [6.45, 7) is 1.78. The Morgan fingerprint density at radius 3 is 2.68 bits per heavy atom. The van der Waals surface area contributed by atoms with Crippen molar-refractivity contribution in [3.63, 3.8) is 0 Å². The van der Waals surface area contributed by atoms with E-state index < -0.39 is 0 Å². The van der Waals surface area contributed by atoms with Crippen LogP contribution in [0.5, 0.6) is 0 Å². The molecule has 2 aromatic heterocycles. The number of furan rings is 1. The molecule has 22 heavy (non-hydrogen) atoms. The summed E-state index contributed by atoms with van der Waals surface area (Å²) in [6.07, 6.45) is 1.52. The highest BCUT2D eigenvalue weighted by molar-refractivity contribution is 6.10. The molecule has 2 N–H and O–H groups in total. The third-order valence-corrected chi connectivity index (χ3v) is 3.87. The summed E-state index contributed by atoms with van der Waals surface area (Å²) in [5.74, 6) is 0.455. The van der Waals surface area contributed by atoms with E-state index >= 15 is 0 Å². The molecule has 2 aromatic carbocycles. The van der Waals surface area contributed by atoms with Crippen LogP contribution in [-0.4, -0.2) is 10.9 Å². The molecular weight excluding hydrogens is 276 g/mol. The molecular formula is C18H14N2O2. The van der Waals surface area contributed by atoms with E-state index in [1.807, 2.05) is 36.4 Å². The van der Waals surface area contributed by atoms with Crippen molar-refractivity contribution < 1.29 is 9.21 Å². The molecule has 108 valence electrons. The van der Waals surface area contributed by atoms with Gasteiger partial charge in [0.1, 0.15) is 5.76 Å². The highest BCUT2D eigenvalue weighted by atomic mass is 16.3. The number of hydrogen-bond acceptors (Lipinski definition) is 2. The van der Waals surface area contributed by atoms with E-state index in [4.69, 9.17) is 4.42 Å². The summed E-state index contributed by atoms with van der Waals surface area (Å²) < 4.78 is 5.17. The molecule has 0 aliphatic heterocycles. The smallest absolute Gasteiger partial charge is 0.259 e. The lowest BCUT2D eigenvalue weighted by atomic mass is 10.1. The number of aromatic amines is 1. The normalized spacial score (nSPS) is 11.1. The SMILES string of the molecule is Cc1occc1C(=O)Nc1ccc2[nH]c3ccccc3c2c1. The van der Waals surface area contributed by atoms with E-state index in [0.717, 1.165) is 27.5 Å². The highest BCUT2D eigenvalue weighted by Gasteiger charge is 2.12. The van der Waals surface area contributed by atoms with Crippen LogP contribution >= 0.6 is 0 Å². The molecule has 4 rings (SSSR count). The van der Waals surface area contributed by atoms with Crippen LogP contribution in [0.4, 0.5) is 5.69 Å². The minimum absolute atomic E-state index is 0.162. The van der Waals surface area contributed by atoms with E-state index in [0.29, 0.717) is 11.3 Å². The molecule has 0 spiro atoms. The Morgan fingerprint density at radius 1 is 1.05 bits per heavy atom. The maximum atomic E-state index is 12.3. The topological polar surface area (TPSA) is 58.0 Å². The Kier molecular flexibility index (Phi) is 2.76. The molecule has 0 radical (unpaired) electrons. The minimum atomic E-state index is -0.162. The first-order valence-corrected chi connectivity index (χ1v) is 7.08. The Balaban J connectivity index is 1.75. The number of para-hydroxylation sites is 1. The zero-order chi connectivity index (χ0) is 15.1. The van der Waals surface area contributed by atoms with E-state index in [2.05, 4.69) is 16.4 Å². The number of H-pyrrole nitrogens is 1. The van der Waals surface area contributed by atoms with Crippen LogP contribution in [-0.2, 0) is 0 Å². The van der Waals surface area contributed by atoms with Crippen molar-refractivity contribution in [1.29, 1.82) is 0 Å². The molecule has 4 nitrogen and oxygen atoms in total. The van der Waals surface area contributed by atoms with Gasteiger partial charge >= 0.3 is 0 Å². The van der Waals surface area contributed by atoms with Gasteiger partial charge in [0.25, 0.3) is 5.91 Å². The maximum Gasteiger partial charge on any atom is 0.259 e. The number of amides is 1. The molecule has 0 atom stereocenters. The largest absolute Gasteiger partial charge is 0.469 e. The number of nitrogens with one attached hydrogen (secondary N) is 2. The Hall–Kier alpha value is -3.01. The minimum Gasteiger partial charge on any atom is -0.469 e. The van der Waals surface area contributed by atoms with Crippen LogP contribution in [0.3, 0.4) is 0 Å². The van der Waals surface area contributed by atoms with Gasteiger partial charge in [0.05, 0.1) is 11.8 Å². The fourth-order valence-electron chi connectivity index (χ4n) is 2.74. The van der Waals surface area contributed by atoms with Crippen molar-refractivity contribution in [3.05, 3.63) is 66.1 Å². The molecule has 1 amide bonds. The number of aryl methyl sites for hydroxylation is 1. The fourth-order valence-corrected chi connectivity index (χ4v) is 2.74. The number of hydrogen-bond donors (Lipinski definition) is 2. The molecule has 0 saturated heterocycles. The molecule has 0 saturated carbocycles. The number of carbonyl (C=O) groups excluding carboxylic acids is 1. The predicted octanol–water partition coefficient (Wildman–Crippen LogP) is 4.47. The summed E-state index contributed by atoms with van der Waals surface area (Å²) in [7, 11) is 0. The molecule has 0 aliphatic carbocycles. The molecule has 2 heterocycles. The second-order valence-electron chi connectivity index (χ2n) is 5.28. The molecule has 0 bridgehead atoms. The summed E-state index contributed by atoms with van der Waals surface area (Å²) in [5.41, 5.74) is 3.47. The van der Waals surface area contributed by atoms with Crippen LogP contribution in [0.1, 0.15) is 16.1 Å². The van der Waals surface area contributed by atoms with Crippen molar-refractivity contribution in [2.45, 2.75) is 6.92 Å². The third-order valence-electron chi connectivity index (χ3n) is 3.87. The van der Waals surface area contributed by atoms with Gasteiger partial charge in [0.2, 0.25) is 0 Å². The van der Waals surface area contributed by atoms with Crippen LogP contribution < -0.4 is 5.32 Å². The molecule has 4 aromatic rings. The monoisotopic (exact) mass is 290 g/mol. The lowest BCUT2D eigenvalue weighted by Gasteiger charge is -2.04. The number of benzene rings is 2. The van der Waals surface area contributed by atoms with Gasteiger partial charge in [-0.1, -0.05) is 18.2 Å². The lowest BCUT2D eigenvalue weighted by Crippen LogP contribution is -2.11. The summed E-state index contributed by atoms with van der Waals surface area (Å²) >= 11 is 0. The van der Waals surface area contributed by atoms with Crippen LogP contribution in [0.2, 0.25) is 0 Å². The van der Waals surface area contributed by atoms with Crippen molar-refractivity contribution >= 4 is 33.4 Å². The van der Waals surface area contributed by atoms with Crippen molar-refractivity contribution in [2.24, 2.45) is 0 Å². The average molecular weight is 290 g/mol. The number of rotatable bonds is 2. The van der Waals surface area contributed by atoms with Crippen molar-refractivity contribution in [2.75, 3.05) is 5.32 Å². The number of anilines is 1. The zero-order valence-corrected chi connectivity index (χ0v) is 12.0. The fraction of sp³-hybridized carbons (Fsp3) is 0.0556. The summed E-state index contributed by atoms with van der Waals surface area (Å²) in [5, 5.41) is 5.16. The summed E-state index contributed by atoms with van der Waals surface area (Å²) in [4.78, 5) is 15.6. The summed E-state index contributed by atoms with van der Waals surface area (Å²) in [6, 6.07) is 15.7.